The van der Waals surface area contributed by atoms with Crippen LogP contribution in [0.25, 0.3) is 0 Å². The van der Waals surface area contributed by atoms with Crippen molar-refractivity contribution < 1.29 is 15.3 Å². The van der Waals surface area contributed by atoms with Crippen molar-refractivity contribution >= 4 is 11.8 Å². The van der Waals surface area contributed by atoms with Crippen LogP contribution in [-0.4, -0.2) is 37.7 Å². The van der Waals surface area contributed by atoms with Crippen LogP contribution in [-0.2, 0) is 0 Å². The fourth-order valence-corrected chi connectivity index (χ4v) is 7.24. The van der Waals surface area contributed by atoms with Gasteiger partial charge in [0.15, 0.2) is 0 Å². The number of fused-ring (bicyclic) bond motifs is 1. The van der Waals surface area contributed by atoms with Gasteiger partial charge in [-0.2, -0.15) is 0 Å². The molecule has 0 aliphatic heterocycles. The van der Waals surface area contributed by atoms with Gasteiger partial charge >= 0.3 is 0 Å². The van der Waals surface area contributed by atoms with Crippen molar-refractivity contribution in [3.8, 4) is 0 Å². The van der Waals surface area contributed by atoms with Gasteiger partial charge in [-0.1, -0.05) is 49.8 Å². The van der Waals surface area contributed by atoms with E-state index in [4.69, 9.17) is 0 Å². The highest BCUT2D eigenvalue weighted by Crippen LogP contribution is 2.55. The van der Waals surface area contributed by atoms with Crippen LogP contribution in [0.5, 0.6) is 0 Å². The van der Waals surface area contributed by atoms with E-state index in [1.165, 1.54) is 18.4 Å². The van der Waals surface area contributed by atoms with Gasteiger partial charge in [0.25, 0.3) is 0 Å². The van der Waals surface area contributed by atoms with E-state index < -0.39 is 16.6 Å². The number of hydrogen-bond acceptors (Lipinski definition) is 4. The molecule has 0 unspecified atom stereocenters. The molecule has 0 aromatic heterocycles. The van der Waals surface area contributed by atoms with E-state index in [0.717, 1.165) is 55.4 Å². The molecule has 0 radical (unpaired) electrons. The van der Waals surface area contributed by atoms with Crippen molar-refractivity contribution in [3.63, 3.8) is 0 Å². The molecule has 4 atom stereocenters. The van der Waals surface area contributed by atoms with Crippen LogP contribution in [0.2, 0.25) is 0 Å². The van der Waals surface area contributed by atoms with Crippen molar-refractivity contribution in [2.45, 2.75) is 109 Å². The van der Waals surface area contributed by atoms with Gasteiger partial charge in [-0.25, -0.2) is 0 Å². The Morgan fingerprint density at radius 2 is 2.03 bits per heavy atom. The summed E-state index contributed by atoms with van der Waals surface area (Å²) in [5.41, 5.74) is 4.55. The van der Waals surface area contributed by atoms with Crippen LogP contribution in [0.1, 0.15) is 91.9 Å². The van der Waals surface area contributed by atoms with Crippen molar-refractivity contribution in [3.05, 3.63) is 47.1 Å². The Morgan fingerprint density at radius 3 is 2.72 bits per heavy atom. The molecule has 32 heavy (non-hydrogen) atoms. The third-order valence-electron chi connectivity index (χ3n) is 7.94. The van der Waals surface area contributed by atoms with Gasteiger partial charge in [-0.15, -0.1) is 11.8 Å². The van der Waals surface area contributed by atoms with Crippen LogP contribution in [0, 0.1) is 11.3 Å². The van der Waals surface area contributed by atoms with E-state index >= 15 is 0 Å². The average Bonchev–Trinajstić information content (AvgIpc) is 3.05. The Hall–Kier alpha value is -0.810. The summed E-state index contributed by atoms with van der Waals surface area (Å²) in [4.78, 5) is -0.953. The summed E-state index contributed by atoms with van der Waals surface area (Å²) < 4.78 is 0. The van der Waals surface area contributed by atoms with Crippen LogP contribution in [0.4, 0.5) is 0 Å². The van der Waals surface area contributed by atoms with Gasteiger partial charge in [0, 0.05) is 12.8 Å². The molecule has 0 amide bonds. The lowest BCUT2D eigenvalue weighted by Gasteiger charge is -2.41. The Kier molecular flexibility index (Phi) is 8.24. The number of aliphatic hydroxyl groups is 3. The Balaban J connectivity index is 1.66. The van der Waals surface area contributed by atoms with Crippen LogP contribution in [0.3, 0.4) is 0 Å². The molecule has 0 saturated heterocycles. The topological polar surface area (TPSA) is 60.7 Å². The lowest BCUT2D eigenvalue weighted by atomic mass is 9.64. The number of unbranched alkanes of at least 4 members (excludes halogenated alkanes) is 1. The van der Waals surface area contributed by atoms with E-state index in [9.17, 15) is 15.3 Å². The first-order valence-electron chi connectivity index (χ1n) is 12.5. The number of allylic oxidation sites excluding steroid dienone is 5. The molecule has 3 rings (SSSR count). The molecule has 3 aliphatic carbocycles. The highest BCUT2D eigenvalue weighted by atomic mass is 32.2. The zero-order valence-corrected chi connectivity index (χ0v) is 21.4. The SMILES string of the molecule is C=C1C(=CC=C2CCC[C@]3(C)C(CC)=CC[C@H]23)C[C@](O)(SCCCCC(C)(C)O)C[C@@H]1O. The molecule has 3 nitrogen and oxygen atoms in total. The van der Waals surface area contributed by atoms with E-state index in [2.05, 4.69) is 38.7 Å². The summed E-state index contributed by atoms with van der Waals surface area (Å²) in [5.74, 6) is 1.42. The molecule has 2 fully saturated rings. The zero-order chi connectivity index (χ0) is 23.6. The van der Waals surface area contributed by atoms with Crippen LogP contribution >= 0.6 is 11.8 Å². The molecule has 4 heteroatoms. The van der Waals surface area contributed by atoms with E-state index in [0.29, 0.717) is 24.2 Å². The molecular formula is C28H44O3S. The molecule has 0 aromatic carbocycles. The normalized spacial score (nSPS) is 36.0. The molecule has 3 N–H and O–H groups in total. The van der Waals surface area contributed by atoms with Gasteiger partial charge in [0.05, 0.1) is 11.7 Å². The summed E-state index contributed by atoms with van der Waals surface area (Å²) in [6.45, 7) is 12.5. The first-order valence-corrected chi connectivity index (χ1v) is 13.5. The maximum Gasteiger partial charge on any atom is 0.117 e. The number of thioether (sulfide) groups is 1. The largest absolute Gasteiger partial charge is 0.390 e. The van der Waals surface area contributed by atoms with Crippen LogP contribution < -0.4 is 0 Å². The lowest BCUT2D eigenvalue weighted by Crippen LogP contribution is -2.37. The molecule has 180 valence electrons. The highest BCUT2D eigenvalue weighted by molar-refractivity contribution is 8.00. The smallest absolute Gasteiger partial charge is 0.117 e. The average molecular weight is 461 g/mol. The van der Waals surface area contributed by atoms with Crippen molar-refractivity contribution in [2.24, 2.45) is 11.3 Å². The molecule has 3 aliphatic rings. The maximum atomic E-state index is 11.2. The van der Waals surface area contributed by atoms with Gasteiger partial charge in [-0.3, -0.25) is 0 Å². The summed E-state index contributed by atoms with van der Waals surface area (Å²) in [6.07, 6.45) is 15.6. The van der Waals surface area contributed by atoms with Crippen molar-refractivity contribution in [2.75, 3.05) is 5.75 Å². The summed E-state index contributed by atoms with van der Waals surface area (Å²) in [5, 5.41) is 31.7. The van der Waals surface area contributed by atoms with Crippen molar-refractivity contribution in [1.82, 2.24) is 0 Å². The molecular weight excluding hydrogens is 416 g/mol. The second kappa shape index (κ2) is 10.2. The third-order valence-corrected chi connectivity index (χ3v) is 9.28. The quantitative estimate of drug-likeness (QED) is 0.221. The minimum Gasteiger partial charge on any atom is -0.390 e. The van der Waals surface area contributed by atoms with Gasteiger partial charge in [0.2, 0.25) is 0 Å². The van der Waals surface area contributed by atoms with Crippen molar-refractivity contribution in [1.29, 1.82) is 0 Å². The predicted molar refractivity (Wildman–Crippen MR) is 137 cm³/mol. The fraction of sp³-hybridized carbons (Fsp3) is 0.714. The number of rotatable bonds is 8. The predicted octanol–water partition coefficient (Wildman–Crippen LogP) is 6.46. The van der Waals surface area contributed by atoms with E-state index in [1.54, 1.807) is 17.3 Å². The molecule has 2 saturated carbocycles. The zero-order valence-electron chi connectivity index (χ0n) is 20.6. The maximum absolute atomic E-state index is 11.2. The Labute approximate surface area is 199 Å². The van der Waals surface area contributed by atoms with Gasteiger partial charge in [0.1, 0.15) is 4.93 Å². The summed E-state index contributed by atoms with van der Waals surface area (Å²) in [7, 11) is 0. The molecule has 0 spiro atoms. The fourth-order valence-electron chi connectivity index (χ4n) is 5.98. The number of hydrogen-bond donors (Lipinski definition) is 3. The highest BCUT2D eigenvalue weighted by Gasteiger charge is 2.44. The summed E-state index contributed by atoms with van der Waals surface area (Å²) in [6, 6.07) is 0. The first kappa shape index (κ1) is 25.8. The van der Waals surface area contributed by atoms with E-state index in [-0.39, 0.29) is 0 Å². The standard InChI is InChI=1S/C28H44O3S/c1-6-23-13-14-24-21(10-9-16-27(23,24)5)11-12-22-18-28(31,19-25(29)20(22)2)32-17-8-7-15-26(3,4)30/h11-13,24-25,29-31H,2,6-10,14-19H2,1,3-5H3/t24-,25+,27-,28+/m1/s1. The first-order chi connectivity index (χ1) is 15.0. The third kappa shape index (κ3) is 6.00. The number of aliphatic hydroxyl groups excluding tert-OH is 1. The minimum absolute atomic E-state index is 0.306. The molecule has 0 heterocycles. The minimum atomic E-state index is -0.953. The van der Waals surface area contributed by atoms with Gasteiger partial charge in [-0.05, 0) is 93.4 Å². The van der Waals surface area contributed by atoms with Gasteiger partial charge < -0.3 is 15.3 Å². The van der Waals surface area contributed by atoms with Crippen LogP contribution in [0.15, 0.2) is 47.1 Å². The Morgan fingerprint density at radius 1 is 1.28 bits per heavy atom. The lowest BCUT2D eigenvalue weighted by molar-refractivity contribution is 0.0606. The molecule has 0 bridgehead atoms. The van der Waals surface area contributed by atoms with E-state index in [1.807, 2.05) is 13.8 Å². The molecule has 0 aromatic rings. The Bertz CT molecular complexity index is 787. The second-order valence-electron chi connectivity index (χ2n) is 11.1. The monoisotopic (exact) mass is 460 g/mol. The second-order valence-corrected chi connectivity index (χ2v) is 12.5. The summed E-state index contributed by atoms with van der Waals surface area (Å²) >= 11 is 1.54.